The number of rotatable bonds is 6. The summed E-state index contributed by atoms with van der Waals surface area (Å²) in [6, 6.07) is 1.71. The van der Waals surface area contributed by atoms with Gasteiger partial charge < -0.3 is 10.4 Å². The van der Waals surface area contributed by atoms with Crippen LogP contribution in [0.3, 0.4) is 0 Å². The van der Waals surface area contributed by atoms with E-state index in [1.165, 1.54) is 0 Å². The highest BCUT2D eigenvalue weighted by molar-refractivity contribution is 5.93. The summed E-state index contributed by atoms with van der Waals surface area (Å²) in [6.45, 7) is 11.9. The Hall–Kier alpha value is -2.15. The molecule has 0 aliphatic rings. The summed E-state index contributed by atoms with van der Waals surface area (Å²) in [7, 11) is 0. The molecule has 24 heavy (non-hydrogen) atoms. The van der Waals surface area contributed by atoms with Gasteiger partial charge in [-0.15, -0.1) is 0 Å². The van der Waals surface area contributed by atoms with Gasteiger partial charge in [0.15, 0.2) is 0 Å². The molecule has 1 atom stereocenters. The number of aromatic amines is 1. The van der Waals surface area contributed by atoms with E-state index in [2.05, 4.69) is 34.5 Å². The Kier molecular flexibility index (Phi) is 5.43. The molecule has 7 nitrogen and oxygen atoms in total. The van der Waals surface area contributed by atoms with Crippen LogP contribution in [0.1, 0.15) is 55.6 Å². The fraction of sp³-hybridized carbons (Fsp3) is 0.588. The molecule has 0 radical (unpaired) electrons. The van der Waals surface area contributed by atoms with E-state index >= 15 is 0 Å². The summed E-state index contributed by atoms with van der Waals surface area (Å²) in [6.07, 6.45) is 0. The molecule has 3 N–H and O–H groups in total. The van der Waals surface area contributed by atoms with E-state index in [1.54, 1.807) is 6.07 Å². The van der Waals surface area contributed by atoms with Crippen molar-refractivity contribution < 1.29 is 9.90 Å². The van der Waals surface area contributed by atoms with Crippen molar-refractivity contribution in [3.8, 4) is 11.3 Å². The molecule has 0 bridgehead atoms. The van der Waals surface area contributed by atoms with Crippen LogP contribution >= 0.6 is 0 Å². The van der Waals surface area contributed by atoms with Gasteiger partial charge in [-0.3, -0.25) is 14.6 Å². The number of hydrogen-bond donors (Lipinski definition) is 3. The molecule has 132 valence electrons. The normalized spacial score (nSPS) is 12.9. The highest BCUT2D eigenvalue weighted by Crippen LogP contribution is 2.27. The lowest BCUT2D eigenvalue weighted by Crippen LogP contribution is -2.41. The monoisotopic (exact) mass is 333 g/mol. The lowest BCUT2D eigenvalue weighted by molar-refractivity contribution is 0.0891. The molecule has 2 heterocycles. The third kappa shape index (κ3) is 3.51. The zero-order valence-electron chi connectivity index (χ0n) is 15.2. The second-order valence-corrected chi connectivity index (χ2v) is 6.76. The van der Waals surface area contributed by atoms with Gasteiger partial charge in [0, 0.05) is 17.3 Å². The Bertz CT molecular complexity index is 715. The molecule has 0 fully saturated rings. The van der Waals surface area contributed by atoms with Crippen LogP contribution in [0.2, 0.25) is 0 Å². The quantitative estimate of drug-likeness (QED) is 0.755. The number of carbonyl (C=O) groups excluding carboxylic acids is 1. The number of aromatic nitrogens is 4. The van der Waals surface area contributed by atoms with Crippen molar-refractivity contribution in [3.05, 3.63) is 23.1 Å². The number of H-pyrrole nitrogens is 1. The zero-order chi connectivity index (χ0) is 18.0. The molecule has 0 aliphatic heterocycles. The van der Waals surface area contributed by atoms with Crippen LogP contribution in [0.25, 0.3) is 11.3 Å². The fourth-order valence-electron chi connectivity index (χ4n) is 2.77. The molecule has 1 unspecified atom stereocenters. The van der Waals surface area contributed by atoms with Gasteiger partial charge in [0.2, 0.25) is 0 Å². The van der Waals surface area contributed by atoms with E-state index in [4.69, 9.17) is 0 Å². The molecule has 0 aromatic carbocycles. The summed E-state index contributed by atoms with van der Waals surface area (Å²) in [5, 5.41) is 23.8. The summed E-state index contributed by atoms with van der Waals surface area (Å²) in [5.41, 5.74) is 3.93. The predicted molar refractivity (Wildman–Crippen MR) is 92.8 cm³/mol. The molecule has 2 rings (SSSR count). The number of hydrogen-bond acceptors (Lipinski definition) is 4. The third-order valence-corrected chi connectivity index (χ3v) is 4.21. The van der Waals surface area contributed by atoms with Crippen LogP contribution in [-0.2, 0) is 0 Å². The Morgan fingerprint density at radius 3 is 2.50 bits per heavy atom. The van der Waals surface area contributed by atoms with Gasteiger partial charge in [-0.05, 0) is 39.7 Å². The van der Waals surface area contributed by atoms with Crippen molar-refractivity contribution in [2.75, 3.05) is 6.61 Å². The first-order valence-corrected chi connectivity index (χ1v) is 8.29. The average Bonchev–Trinajstić information content (AvgIpc) is 3.09. The molecule has 0 saturated carbocycles. The second-order valence-electron chi connectivity index (χ2n) is 6.76. The van der Waals surface area contributed by atoms with E-state index in [0.717, 1.165) is 17.0 Å². The Labute approximate surface area is 142 Å². The highest BCUT2D eigenvalue weighted by Gasteiger charge is 2.21. The first kappa shape index (κ1) is 18.2. The number of nitrogens with zero attached hydrogens (tertiary/aromatic N) is 3. The molecule has 0 aliphatic carbocycles. The van der Waals surface area contributed by atoms with Crippen LogP contribution in [-0.4, -0.2) is 43.6 Å². The topological polar surface area (TPSA) is 95.8 Å². The number of aryl methyl sites for hydroxylation is 1. The fourth-order valence-corrected chi connectivity index (χ4v) is 2.77. The van der Waals surface area contributed by atoms with Crippen molar-refractivity contribution >= 4 is 5.91 Å². The maximum atomic E-state index is 12.3. The molecule has 2 aromatic heterocycles. The number of aliphatic hydroxyl groups excluding tert-OH is 1. The van der Waals surface area contributed by atoms with Crippen LogP contribution in [0, 0.1) is 19.8 Å². The van der Waals surface area contributed by atoms with Gasteiger partial charge in [-0.25, -0.2) is 0 Å². The molecular formula is C17H27N5O2. The number of nitrogens with one attached hydrogen (secondary N) is 2. The summed E-state index contributed by atoms with van der Waals surface area (Å²) >= 11 is 0. The van der Waals surface area contributed by atoms with Crippen molar-refractivity contribution in [1.82, 2.24) is 25.3 Å². The largest absolute Gasteiger partial charge is 0.394 e. The van der Waals surface area contributed by atoms with Gasteiger partial charge >= 0.3 is 0 Å². The van der Waals surface area contributed by atoms with E-state index in [-0.39, 0.29) is 30.5 Å². The number of carbonyl (C=O) groups is 1. The maximum Gasteiger partial charge on any atom is 0.269 e. The molecule has 0 saturated heterocycles. The average molecular weight is 333 g/mol. The predicted octanol–water partition coefficient (Wildman–Crippen LogP) is 2.22. The lowest BCUT2D eigenvalue weighted by atomic mass is 10.1. The molecular weight excluding hydrogens is 306 g/mol. The third-order valence-electron chi connectivity index (χ3n) is 4.21. The Morgan fingerprint density at radius 1 is 1.33 bits per heavy atom. The SMILES string of the molecule is Cc1nn(C(C)C)c(C)c1-c1cc(C(=O)NC(CO)C(C)C)[nH]n1. The molecule has 0 spiro atoms. The van der Waals surface area contributed by atoms with Crippen LogP contribution < -0.4 is 5.32 Å². The van der Waals surface area contributed by atoms with Crippen molar-refractivity contribution in [2.24, 2.45) is 5.92 Å². The number of aliphatic hydroxyl groups is 1. The minimum atomic E-state index is -0.281. The van der Waals surface area contributed by atoms with Crippen molar-refractivity contribution in [3.63, 3.8) is 0 Å². The molecule has 1 amide bonds. The smallest absolute Gasteiger partial charge is 0.269 e. The Morgan fingerprint density at radius 2 is 2.00 bits per heavy atom. The highest BCUT2D eigenvalue weighted by atomic mass is 16.3. The van der Waals surface area contributed by atoms with Crippen LogP contribution in [0.15, 0.2) is 6.07 Å². The Balaban J connectivity index is 2.27. The lowest BCUT2D eigenvalue weighted by Gasteiger charge is -2.19. The van der Waals surface area contributed by atoms with Gasteiger partial charge in [-0.1, -0.05) is 13.8 Å². The molecule has 2 aromatic rings. The standard InChI is InChI=1S/C17H27N5O2/c1-9(2)15(8-23)18-17(24)14-7-13(19-20-14)16-11(5)21-22(10(3)4)12(16)6/h7,9-10,15,23H,8H2,1-6H3,(H,18,24)(H,19,20). The summed E-state index contributed by atoms with van der Waals surface area (Å²) in [4.78, 5) is 12.3. The van der Waals surface area contributed by atoms with Crippen molar-refractivity contribution in [1.29, 1.82) is 0 Å². The van der Waals surface area contributed by atoms with Gasteiger partial charge in [-0.2, -0.15) is 10.2 Å². The van der Waals surface area contributed by atoms with E-state index in [1.807, 2.05) is 32.4 Å². The first-order valence-electron chi connectivity index (χ1n) is 8.29. The van der Waals surface area contributed by atoms with Gasteiger partial charge in [0.1, 0.15) is 5.69 Å². The molecule has 7 heteroatoms. The zero-order valence-corrected chi connectivity index (χ0v) is 15.2. The summed E-state index contributed by atoms with van der Waals surface area (Å²) < 4.78 is 1.96. The minimum absolute atomic E-state index is 0.0935. The minimum Gasteiger partial charge on any atom is -0.394 e. The van der Waals surface area contributed by atoms with Crippen LogP contribution in [0.4, 0.5) is 0 Å². The van der Waals surface area contributed by atoms with E-state index in [0.29, 0.717) is 11.4 Å². The second kappa shape index (κ2) is 7.17. The van der Waals surface area contributed by atoms with Crippen LogP contribution in [0.5, 0.6) is 0 Å². The number of amides is 1. The van der Waals surface area contributed by atoms with Crippen molar-refractivity contribution in [2.45, 2.75) is 53.6 Å². The van der Waals surface area contributed by atoms with Gasteiger partial charge in [0.05, 0.1) is 24.0 Å². The van der Waals surface area contributed by atoms with E-state index < -0.39 is 0 Å². The summed E-state index contributed by atoms with van der Waals surface area (Å²) in [5.74, 6) is -0.122. The van der Waals surface area contributed by atoms with Gasteiger partial charge in [0.25, 0.3) is 5.91 Å². The van der Waals surface area contributed by atoms with E-state index in [9.17, 15) is 9.90 Å². The first-order chi connectivity index (χ1) is 11.3. The maximum absolute atomic E-state index is 12.3.